The number of nitrogens with two attached hydrogens (primary N) is 1. The van der Waals surface area contributed by atoms with Crippen LogP contribution < -0.4 is 20.5 Å². The SMILES string of the molecule is COc1ccc(C2CNCC2N)cc1OC. The highest BCUT2D eigenvalue weighted by atomic mass is 16.5. The van der Waals surface area contributed by atoms with Crippen molar-refractivity contribution in [2.75, 3.05) is 27.3 Å². The molecule has 1 fully saturated rings. The fourth-order valence-electron chi connectivity index (χ4n) is 2.15. The van der Waals surface area contributed by atoms with E-state index in [-0.39, 0.29) is 6.04 Å². The van der Waals surface area contributed by atoms with Crippen LogP contribution in [0.2, 0.25) is 0 Å². The van der Waals surface area contributed by atoms with Crippen molar-refractivity contribution in [2.24, 2.45) is 5.73 Å². The summed E-state index contributed by atoms with van der Waals surface area (Å²) in [4.78, 5) is 0. The van der Waals surface area contributed by atoms with Crippen molar-refractivity contribution in [1.29, 1.82) is 0 Å². The molecule has 0 amide bonds. The number of methoxy groups -OCH3 is 2. The molecule has 4 nitrogen and oxygen atoms in total. The number of nitrogens with one attached hydrogen (secondary N) is 1. The van der Waals surface area contributed by atoms with E-state index in [9.17, 15) is 0 Å². The zero-order valence-corrected chi connectivity index (χ0v) is 9.69. The fourth-order valence-corrected chi connectivity index (χ4v) is 2.15. The Morgan fingerprint density at radius 2 is 1.94 bits per heavy atom. The maximum atomic E-state index is 6.04. The van der Waals surface area contributed by atoms with E-state index in [1.807, 2.05) is 12.1 Å². The van der Waals surface area contributed by atoms with Gasteiger partial charge < -0.3 is 20.5 Å². The number of ether oxygens (including phenoxy) is 2. The van der Waals surface area contributed by atoms with Crippen LogP contribution in [0.25, 0.3) is 0 Å². The summed E-state index contributed by atoms with van der Waals surface area (Å²) in [5.74, 6) is 1.88. The lowest BCUT2D eigenvalue weighted by atomic mass is 9.94. The molecule has 2 unspecified atom stereocenters. The average molecular weight is 222 g/mol. The summed E-state index contributed by atoms with van der Waals surface area (Å²) in [5.41, 5.74) is 7.24. The van der Waals surface area contributed by atoms with Gasteiger partial charge in [0.15, 0.2) is 11.5 Å². The molecule has 0 saturated carbocycles. The predicted octanol–water partition coefficient (Wildman–Crippen LogP) is 0.718. The van der Waals surface area contributed by atoms with E-state index in [1.54, 1.807) is 14.2 Å². The molecule has 0 spiro atoms. The first kappa shape index (κ1) is 11.2. The Bertz CT molecular complexity index is 368. The van der Waals surface area contributed by atoms with Crippen LogP contribution in [0.5, 0.6) is 11.5 Å². The molecule has 0 radical (unpaired) electrons. The van der Waals surface area contributed by atoms with Crippen molar-refractivity contribution < 1.29 is 9.47 Å². The lowest BCUT2D eigenvalue weighted by Crippen LogP contribution is -2.27. The van der Waals surface area contributed by atoms with Crippen LogP contribution in [0, 0.1) is 0 Å². The first-order chi connectivity index (χ1) is 7.76. The van der Waals surface area contributed by atoms with E-state index in [0.29, 0.717) is 5.92 Å². The molecule has 2 rings (SSSR count). The zero-order chi connectivity index (χ0) is 11.5. The van der Waals surface area contributed by atoms with Gasteiger partial charge in [0.1, 0.15) is 0 Å². The van der Waals surface area contributed by atoms with Gasteiger partial charge in [-0.25, -0.2) is 0 Å². The van der Waals surface area contributed by atoms with Crippen molar-refractivity contribution >= 4 is 0 Å². The van der Waals surface area contributed by atoms with Crippen LogP contribution in [0.1, 0.15) is 11.5 Å². The van der Waals surface area contributed by atoms with E-state index >= 15 is 0 Å². The van der Waals surface area contributed by atoms with Gasteiger partial charge in [0.05, 0.1) is 14.2 Å². The number of rotatable bonds is 3. The average Bonchev–Trinajstić information content (AvgIpc) is 2.74. The van der Waals surface area contributed by atoms with Crippen molar-refractivity contribution in [1.82, 2.24) is 5.32 Å². The Balaban J connectivity index is 2.28. The maximum absolute atomic E-state index is 6.04. The second kappa shape index (κ2) is 4.72. The van der Waals surface area contributed by atoms with E-state index in [2.05, 4.69) is 11.4 Å². The third-order valence-electron chi connectivity index (χ3n) is 3.10. The summed E-state index contributed by atoms with van der Waals surface area (Å²) in [6.07, 6.45) is 0. The monoisotopic (exact) mass is 222 g/mol. The van der Waals surface area contributed by atoms with Crippen molar-refractivity contribution in [3.8, 4) is 11.5 Å². The van der Waals surface area contributed by atoms with Crippen LogP contribution in [0.15, 0.2) is 18.2 Å². The van der Waals surface area contributed by atoms with Crippen LogP contribution in [-0.2, 0) is 0 Å². The normalized spacial score (nSPS) is 24.4. The molecular weight excluding hydrogens is 204 g/mol. The first-order valence-electron chi connectivity index (χ1n) is 5.44. The summed E-state index contributed by atoms with van der Waals surface area (Å²) < 4.78 is 10.5. The predicted molar refractivity (Wildman–Crippen MR) is 63.1 cm³/mol. The molecule has 1 saturated heterocycles. The molecule has 3 N–H and O–H groups in total. The molecule has 0 bridgehead atoms. The smallest absolute Gasteiger partial charge is 0.160 e. The largest absolute Gasteiger partial charge is 0.493 e. The third-order valence-corrected chi connectivity index (χ3v) is 3.10. The molecule has 1 aromatic carbocycles. The highest BCUT2D eigenvalue weighted by Gasteiger charge is 2.25. The number of hydrogen-bond donors (Lipinski definition) is 2. The standard InChI is InChI=1S/C12H18N2O2/c1-15-11-4-3-8(5-12(11)16-2)9-6-14-7-10(9)13/h3-5,9-10,14H,6-7,13H2,1-2H3. The van der Waals surface area contributed by atoms with Crippen molar-refractivity contribution in [2.45, 2.75) is 12.0 Å². The molecule has 2 atom stereocenters. The Morgan fingerprint density at radius 3 is 2.50 bits per heavy atom. The second-order valence-electron chi connectivity index (χ2n) is 4.04. The molecule has 1 heterocycles. The summed E-state index contributed by atoms with van der Waals surface area (Å²) in [6, 6.07) is 6.17. The molecule has 0 aromatic heterocycles. The van der Waals surface area contributed by atoms with Crippen LogP contribution in [-0.4, -0.2) is 33.4 Å². The molecule has 1 aliphatic heterocycles. The molecule has 1 aromatic rings. The van der Waals surface area contributed by atoms with Gasteiger partial charge in [-0.1, -0.05) is 6.07 Å². The minimum atomic E-state index is 0.179. The molecule has 88 valence electrons. The van der Waals surface area contributed by atoms with Crippen LogP contribution >= 0.6 is 0 Å². The van der Waals surface area contributed by atoms with Crippen LogP contribution in [0.3, 0.4) is 0 Å². The Hall–Kier alpha value is -1.26. The summed E-state index contributed by atoms with van der Waals surface area (Å²) in [6.45, 7) is 1.80. The lowest BCUT2D eigenvalue weighted by molar-refractivity contribution is 0.354. The van der Waals surface area contributed by atoms with Gasteiger partial charge in [-0.05, 0) is 17.7 Å². The third kappa shape index (κ3) is 1.99. The van der Waals surface area contributed by atoms with E-state index in [0.717, 1.165) is 24.6 Å². The highest BCUT2D eigenvalue weighted by molar-refractivity contribution is 5.44. The van der Waals surface area contributed by atoms with Gasteiger partial charge in [-0.2, -0.15) is 0 Å². The van der Waals surface area contributed by atoms with Crippen molar-refractivity contribution in [3.05, 3.63) is 23.8 Å². The van der Waals surface area contributed by atoms with Crippen LogP contribution in [0.4, 0.5) is 0 Å². The van der Waals surface area contributed by atoms with Gasteiger partial charge in [-0.15, -0.1) is 0 Å². The topological polar surface area (TPSA) is 56.5 Å². The minimum absolute atomic E-state index is 0.179. The summed E-state index contributed by atoms with van der Waals surface area (Å²) in [7, 11) is 3.29. The molecular formula is C12H18N2O2. The molecule has 16 heavy (non-hydrogen) atoms. The fraction of sp³-hybridized carbons (Fsp3) is 0.500. The lowest BCUT2D eigenvalue weighted by Gasteiger charge is -2.16. The Morgan fingerprint density at radius 1 is 1.19 bits per heavy atom. The quantitative estimate of drug-likeness (QED) is 0.791. The second-order valence-corrected chi connectivity index (χ2v) is 4.04. The Labute approximate surface area is 95.7 Å². The zero-order valence-electron chi connectivity index (χ0n) is 9.69. The summed E-state index contributed by atoms with van der Waals surface area (Å²) >= 11 is 0. The first-order valence-corrected chi connectivity index (χ1v) is 5.44. The van der Waals surface area contributed by atoms with Gasteiger partial charge in [0.2, 0.25) is 0 Å². The molecule has 0 aliphatic carbocycles. The van der Waals surface area contributed by atoms with E-state index < -0.39 is 0 Å². The number of benzene rings is 1. The van der Waals surface area contributed by atoms with Crippen molar-refractivity contribution in [3.63, 3.8) is 0 Å². The van der Waals surface area contributed by atoms with E-state index in [1.165, 1.54) is 5.56 Å². The Kier molecular flexibility index (Phi) is 3.31. The molecule has 4 heteroatoms. The minimum Gasteiger partial charge on any atom is -0.493 e. The number of hydrogen-bond acceptors (Lipinski definition) is 4. The van der Waals surface area contributed by atoms with Gasteiger partial charge in [-0.3, -0.25) is 0 Å². The van der Waals surface area contributed by atoms with Gasteiger partial charge >= 0.3 is 0 Å². The van der Waals surface area contributed by atoms with Gasteiger partial charge in [0.25, 0.3) is 0 Å². The molecule has 1 aliphatic rings. The van der Waals surface area contributed by atoms with E-state index in [4.69, 9.17) is 15.2 Å². The summed E-state index contributed by atoms with van der Waals surface area (Å²) in [5, 5.41) is 3.29. The van der Waals surface area contributed by atoms with Gasteiger partial charge in [0, 0.05) is 25.0 Å². The maximum Gasteiger partial charge on any atom is 0.160 e. The highest BCUT2D eigenvalue weighted by Crippen LogP contribution is 2.32.